The summed E-state index contributed by atoms with van der Waals surface area (Å²) in [6.07, 6.45) is 1.20. The van der Waals surface area contributed by atoms with E-state index in [0.29, 0.717) is 6.42 Å². The van der Waals surface area contributed by atoms with Gasteiger partial charge in [0.05, 0.1) is 24.6 Å². The van der Waals surface area contributed by atoms with Crippen LogP contribution in [0.2, 0.25) is 0 Å². The summed E-state index contributed by atoms with van der Waals surface area (Å²) in [6, 6.07) is 5.87. The van der Waals surface area contributed by atoms with Crippen molar-refractivity contribution in [3.63, 3.8) is 0 Å². The highest BCUT2D eigenvalue weighted by atomic mass is 16.5. The van der Waals surface area contributed by atoms with E-state index in [1.165, 1.54) is 7.11 Å². The van der Waals surface area contributed by atoms with Crippen LogP contribution < -0.4 is 0 Å². The summed E-state index contributed by atoms with van der Waals surface area (Å²) < 4.78 is 6.73. The Morgan fingerprint density at radius 1 is 1.47 bits per heavy atom. The van der Waals surface area contributed by atoms with Gasteiger partial charge in [0.2, 0.25) is 0 Å². The lowest BCUT2D eigenvalue weighted by Crippen LogP contribution is -2.04. The van der Waals surface area contributed by atoms with Gasteiger partial charge in [-0.2, -0.15) is 0 Å². The van der Waals surface area contributed by atoms with Crippen LogP contribution in [0.1, 0.15) is 18.3 Å². The molecule has 2 rings (SSSR count). The maximum atomic E-state index is 11.2. The quantitative estimate of drug-likeness (QED) is 0.759. The second-order valence-corrected chi connectivity index (χ2v) is 4.02. The van der Waals surface area contributed by atoms with Crippen LogP contribution in [0, 0.1) is 0 Å². The maximum absolute atomic E-state index is 11.2. The summed E-state index contributed by atoms with van der Waals surface area (Å²) in [5.74, 6) is 0.831. The summed E-state index contributed by atoms with van der Waals surface area (Å²) in [7, 11) is 3.40. The Bertz CT molecular complexity index is 558. The molecule has 1 aromatic carbocycles. The summed E-state index contributed by atoms with van der Waals surface area (Å²) >= 11 is 0. The molecule has 0 fully saturated rings. The van der Waals surface area contributed by atoms with Gasteiger partial charge < -0.3 is 9.30 Å². The molecule has 4 nitrogen and oxygen atoms in total. The molecule has 90 valence electrons. The van der Waals surface area contributed by atoms with Crippen LogP contribution in [-0.4, -0.2) is 22.6 Å². The second kappa shape index (κ2) is 4.57. The Balaban J connectivity index is 2.42. The molecule has 1 heterocycles. The lowest BCUT2D eigenvalue weighted by molar-refractivity contribution is -0.139. The Morgan fingerprint density at radius 2 is 2.24 bits per heavy atom. The molecule has 17 heavy (non-hydrogen) atoms. The van der Waals surface area contributed by atoms with Crippen molar-refractivity contribution in [3.8, 4) is 0 Å². The number of nitrogens with zero attached hydrogens (tertiary/aromatic N) is 2. The molecule has 0 bridgehead atoms. The topological polar surface area (TPSA) is 44.1 Å². The van der Waals surface area contributed by atoms with Gasteiger partial charge in [0.25, 0.3) is 0 Å². The minimum Gasteiger partial charge on any atom is -0.469 e. The van der Waals surface area contributed by atoms with Crippen LogP contribution in [-0.2, 0) is 29.4 Å². The van der Waals surface area contributed by atoms with Crippen LogP contribution in [0.15, 0.2) is 18.2 Å². The molecule has 0 spiro atoms. The molecule has 0 atom stereocenters. The van der Waals surface area contributed by atoms with Crippen molar-refractivity contribution < 1.29 is 9.53 Å². The van der Waals surface area contributed by atoms with E-state index >= 15 is 0 Å². The smallest absolute Gasteiger partial charge is 0.309 e. The number of aromatic nitrogens is 2. The molecular weight excluding hydrogens is 216 g/mol. The molecule has 0 saturated carbocycles. The lowest BCUT2D eigenvalue weighted by atomic mass is 10.1. The fraction of sp³-hybridized carbons (Fsp3) is 0.385. The number of esters is 1. The molecular formula is C13H16N2O2. The average molecular weight is 232 g/mol. The van der Waals surface area contributed by atoms with Gasteiger partial charge in [-0.15, -0.1) is 0 Å². The van der Waals surface area contributed by atoms with Gasteiger partial charge in [-0.25, -0.2) is 4.98 Å². The normalized spacial score (nSPS) is 10.8. The zero-order valence-electron chi connectivity index (χ0n) is 10.4. The number of benzene rings is 1. The largest absolute Gasteiger partial charge is 0.469 e. The first kappa shape index (κ1) is 11.6. The fourth-order valence-corrected chi connectivity index (χ4v) is 1.95. The second-order valence-electron chi connectivity index (χ2n) is 4.02. The Kier molecular flexibility index (Phi) is 3.13. The van der Waals surface area contributed by atoms with Gasteiger partial charge in [-0.3, -0.25) is 4.79 Å². The average Bonchev–Trinajstić information content (AvgIpc) is 2.66. The van der Waals surface area contributed by atoms with Gasteiger partial charge >= 0.3 is 5.97 Å². The van der Waals surface area contributed by atoms with E-state index in [1.807, 2.05) is 25.2 Å². The van der Waals surface area contributed by atoms with E-state index in [4.69, 9.17) is 0 Å². The standard InChI is InChI=1S/C13H16N2O2/c1-4-12-14-10-6-5-9(8-13(16)17-3)7-11(10)15(12)2/h5-7H,4,8H2,1-3H3. The van der Waals surface area contributed by atoms with Gasteiger partial charge in [0.1, 0.15) is 5.82 Å². The van der Waals surface area contributed by atoms with E-state index in [9.17, 15) is 4.79 Å². The highest BCUT2D eigenvalue weighted by Gasteiger charge is 2.08. The number of methoxy groups -OCH3 is 1. The van der Waals surface area contributed by atoms with E-state index in [-0.39, 0.29) is 5.97 Å². The number of hydrogen-bond acceptors (Lipinski definition) is 3. The van der Waals surface area contributed by atoms with Crippen molar-refractivity contribution in [1.82, 2.24) is 9.55 Å². The molecule has 0 aliphatic rings. The predicted molar refractivity (Wildman–Crippen MR) is 65.8 cm³/mol. The minimum atomic E-state index is -0.220. The van der Waals surface area contributed by atoms with Gasteiger partial charge in [-0.05, 0) is 17.7 Å². The lowest BCUT2D eigenvalue weighted by Gasteiger charge is -2.02. The van der Waals surface area contributed by atoms with Crippen LogP contribution in [0.25, 0.3) is 11.0 Å². The zero-order valence-corrected chi connectivity index (χ0v) is 10.4. The monoisotopic (exact) mass is 232 g/mol. The number of aryl methyl sites for hydroxylation is 2. The van der Waals surface area contributed by atoms with Crippen LogP contribution in [0.3, 0.4) is 0 Å². The number of ether oxygens (including phenoxy) is 1. The molecule has 4 heteroatoms. The van der Waals surface area contributed by atoms with E-state index in [1.54, 1.807) is 0 Å². The van der Waals surface area contributed by atoms with Crippen molar-refractivity contribution in [2.24, 2.45) is 7.05 Å². The molecule has 0 aliphatic carbocycles. The first-order valence-electron chi connectivity index (χ1n) is 5.66. The summed E-state index contributed by atoms with van der Waals surface area (Å²) in [4.78, 5) is 15.7. The van der Waals surface area contributed by atoms with Crippen LogP contribution in [0.4, 0.5) is 0 Å². The number of hydrogen-bond donors (Lipinski definition) is 0. The number of imidazole rings is 1. The van der Waals surface area contributed by atoms with Crippen molar-refractivity contribution in [2.45, 2.75) is 19.8 Å². The highest BCUT2D eigenvalue weighted by molar-refractivity contribution is 5.79. The maximum Gasteiger partial charge on any atom is 0.309 e. The third-order valence-corrected chi connectivity index (χ3v) is 2.93. The molecule has 0 unspecified atom stereocenters. The minimum absolute atomic E-state index is 0.220. The van der Waals surface area contributed by atoms with E-state index in [0.717, 1.165) is 28.8 Å². The third kappa shape index (κ3) is 2.16. The molecule has 1 aromatic heterocycles. The molecule has 0 N–H and O–H groups in total. The van der Waals surface area contributed by atoms with Crippen molar-refractivity contribution in [3.05, 3.63) is 29.6 Å². The van der Waals surface area contributed by atoms with Gasteiger partial charge in [0.15, 0.2) is 0 Å². The van der Waals surface area contributed by atoms with Crippen molar-refractivity contribution in [1.29, 1.82) is 0 Å². The Hall–Kier alpha value is -1.84. The Morgan fingerprint density at radius 3 is 2.88 bits per heavy atom. The highest BCUT2D eigenvalue weighted by Crippen LogP contribution is 2.17. The summed E-state index contributed by atoms with van der Waals surface area (Å²) in [5.41, 5.74) is 2.98. The predicted octanol–water partition coefficient (Wildman–Crippen LogP) is 1.85. The molecule has 0 aliphatic heterocycles. The van der Waals surface area contributed by atoms with Crippen LogP contribution in [0.5, 0.6) is 0 Å². The van der Waals surface area contributed by atoms with Gasteiger partial charge in [0, 0.05) is 13.5 Å². The first-order valence-corrected chi connectivity index (χ1v) is 5.66. The molecule has 0 amide bonds. The number of carbonyl (C=O) groups excluding carboxylic acids is 1. The number of carbonyl (C=O) groups is 1. The zero-order chi connectivity index (χ0) is 12.4. The van der Waals surface area contributed by atoms with Crippen molar-refractivity contribution >= 4 is 17.0 Å². The SMILES string of the molecule is CCc1nc2ccc(CC(=O)OC)cc2n1C. The molecule has 0 radical (unpaired) electrons. The first-order chi connectivity index (χ1) is 8.15. The van der Waals surface area contributed by atoms with E-state index < -0.39 is 0 Å². The van der Waals surface area contributed by atoms with Crippen molar-refractivity contribution in [2.75, 3.05) is 7.11 Å². The molecule has 0 saturated heterocycles. The number of rotatable bonds is 3. The fourth-order valence-electron chi connectivity index (χ4n) is 1.95. The summed E-state index contributed by atoms with van der Waals surface area (Å²) in [5, 5.41) is 0. The Labute approximate surface area is 100 Å². The molecule has 2 aromatic rings. The number of fused-ring (bicyclic) bond motifs is 1. The van der Waals surface area contributed by atoms with E-state index in [2.05, 4.69) is 21.2 Å². The summed E-state index contributed by atoms with van der Waals surface area (Å²) in [6.45, 7) is 2.08. The van der Waals surface area contributed by atoms with Crippen LogP contribution >= 0.6 is 0 Å². The third-order valence-electron chi connectivity index (χ3n) is 2.93. The van der Waals surface area contributed by atoms with Gasteiger partial charge in [-0.1, -0.05) is 13.0 Å².